The third-order valence-electron chi connectivity index (χ3n) is 3.73. The molecule has 5 nitrogen and oxygen atoms in total. The molecule has 0 saturated heterocycles. The molecule has 2 aromatic rings. The maximum atomic E-state index is 12.7. The number of ketones is 2. The molecule has 1 N–H and O–H groups in total. The standard InChI is InChI=1S/C11H11F3O3.C9H7F3O2/c1-7(15)8-3-4-10(17-6-16-2)9(5-8)11(12,13)14;1-5(13)6-2-3-8(14)7(4-6)9(10,11)12/h3-5H,6H2,1-2H3;2-4,14H,1H3. The van der Waals surface area contributed by atoms with Gasteiger partial charge in [0, 0.05) is 18.2 Å². The highest BCUT2D eigenvalue weighted by Gasteiger charge is 2.35. The summed E-state index contributed by atoms with van der Waals surface area (Å²) in [6.07, 6.45) is -9.22. The molecule has 0 unspecified atom stereocenters. The van der Waals surface area contributed by atoms with Crippen LogP contribution in [0.3, 0.4) is 0 Å². The number of carbonyl (C=O) groups excluding carboxylic acids is 2. The van der Waals surface area contributed by atoms with Gasteiger partial charge in [0.25, 0.3) is 0 Å². The molecular weight excluding hydrogens is 434 g/mol. The van der Waals surface area contributed by atoms with Crippen LogP contribution < -0.4 is 4.74 Å². The Hall–Kier alpha value is -3.08. The number of ether oxygens (including phenoxy) is 2. The van der Waals surface area contributed by atoms with E-state index in [1.165, 1.54) is 20.1 Å². The third kappa shape index (κ3) is 7.59. The van der Waals surface area contributed by atoms with Crippen molar-refractivity contribution in [3.05, 3.63) is 58.7 Å². The third-order valence-corrected chi connectivity index (χ3v) is 3.73. The minimum atomic E-state index is -4.64. The molecular formula is C20H18F6O5. The molecule has 0 spiro atoms. The molecule has 31 heavy (non-hydrogen) atoms. The monoisotopic (exact) mass is 452 g/mol. The predicted octanol–water partition coefficient (Wildman–Crippen LogP) is 5.50. The second-order valence-corrected chi connectivity index (χ2v) is 6.10. The van der Waals surface area contributed by atoms with Crippen molar-refractivity contribution in [3.8, 4) is 11.5 Å². The molecule has 170 valence electrons. The number of carbonyl (C=O) groups is 2. The predicted molar refractivity (Wildman–Crippen MR) is 97.1 cm³/mol. The molecule has 0 aromatic heterocycles. The second-order valence-electron chi connectivity index (χ2n) is 6.10. The fourth-order valence-electron chi connectivity index (χ4n) is 2.20. The Bertz CT molecular complexity index is 935. The quantitative estimate of drug-likeness (QED) is 0.368. The van der Waals surface area contributed by atoms with Crippen molar-refractivity contribution in [1.82, 2.24) is 0 Å². The summed E-state index contributed by atoms with van der Waals surface area (Å²) < 4.78 is 84.1. The summed E-state index contributed by atoms with van der Waals surface area (Å²) >= 11 is 0. The Morgan fingerprint density at radius 3 is 1.71 bits per heavy atom. The lowest BCUT2D eigenvalue weighted by Gasteiger charge is -2.14. The molecule has 0 bridgehead atoms. The first kappa shape index (κ1) is 26.0. The Labute approximate surface area is 173 Å². The van der Waals surface area contributed by atoms with Gasteiger partial charge in [-0.3, -0.25) is 9.59 Å². The van der Waals surface area contributed by atoms with Crippen molar-refractivity contribution < 1.29 is 50.5 Å². The average Bonchev–Trinajstić information content (AvgIpc) is 2.65. The summed E-state index contributed by atoms with van der Waals surface area (Å²) in [6.45, 7) is 2.07. The van der Waals surface area contributed by atoms with Crippen molar-refractivity contribution in [1.29, 1.82) is 0 Å². The van der Waals surface area contributed by atoms with Crippen molar-refractivity contribution in [3.63, 3.8) is 0 Å². The Balaban J connectivity index is 0.000000316. The Kier molecular flexibility index (Phi) is 8.62. The lowest BCUT2D eigenvalue weighted by molar-refractivity contribution is -0.140. The molecule has 0 fully saturated rings. The fourth-order valence-corrected chi connectivity index (χ4v) is 2.20. The Morgan fingerprint density at radius 1 is 0.839 bits per heavy atom. The molecule has 0 saturated carbocycles. The van der Waals surface area contributed by atoms with Crippen LogP contribution in [0.15, 0.2) is 36.4 Å². The van der Waals surface area contributed by atoms with Crippen molar-refractivity contribution in [2.24, 2.45) is 0 Å². The molecule has 0 heterocycles. The number of phenols is 1. The zero-order chi connectivity index (χ0) is 24.0. The van der Waals surface area contributed by atoms with Crippen LogP contribution in [0.25, 0.3) is 0 Å². The number of hydrogen-bond acceptors (Lipinski definition) is 5. The van der Waals surface area contributed by atoms with E-state index in [1.54, 1.807) is 0 Å². The summed E-state index contributed by atoms with van der Waals surface area (Å²) in [5.74, 6) is -2.14. The number of methoxy groups -OCH3 is 1. The first-order valence-corrected chi connectivity index (χ1v) is 8.43. The molecule has 0 aliphatic carbocycles. The number of phenolic OH excluding ortho intramolecular Hbond substituents is 1. The van der Waals surface area contributed by atoms with Gasteiger partial charge in [-0.05, 0) is 50.2 Å². The van der Waals surface area contributed by atoms with Crippen LogP contribution >= 0.6 is 0 Å². The fraction of sp³-hybridized carbons (Fsp3) is 0.300. The molecule has 0 amide bonds. The number of benzene rings is 2. The van der Waals surface area contributed by atoms with Gasteiger partial charge in [0.1, 0.15) is 11.5 Å². The molecule has 0 aliphatic heterocycles. The summed E-state index contributed by atoms with van der Waals surface area (Å²) in [5, 5.41) is 8.92. The van der Waals surface area contributed by atoms with E-state index >= 15 is 0 Å². The number of Topliss-reactive ketones (excluding diaryl/α,β-unsaturated/α-hetero) is 2. The highest BCUT2D eigenvalue weighted by atomic mass is 19.4. The van der Waals surface area contributed by atoms with Gasteiger partial charge < -0.3 is 14.6 Å². The number of hydrogen-bond donors (Lipinski definition) is 1. The average molecular weight is 452 g/mol. The molecule has 2 aromatic carbocycles. The van der Waals surface area contributed by atoms with Gasteiger partial charge in [-0.25, -0.2) is 0 Å². The van der Waals surface area contributed by atoms with Crippen LogP contribution in [0.4, 0.5) is 26.3 Å². The van der Waals surface area contributed by atoms with E-state index in [0.717, 1.165) is 31.2 Å². The van der Waals surface area contributed by atoms with Gasteiger partial charge in [-0.1, -0.05) is 0 Å². The topological polar surface area (TPSA) is 72.8 Å². The van der Waals surface area contributed by atoms with Crippen LogP contribution in [0.5, 0.6) is 11.5 Å². The molecule has 0 radical (unpaired) electrons. The van der Waals surface area contributed by atoms with E-state index in [9.17, 15) is 35.9 Å². The maximum absolute atomic E-state index is 12.7. The van der Waals surface area contributed by atoms with Gasteiger partial charge >= 0.3 is 12.4 Å². The summed E-state index contributed by atoms with van der Waals surface area (Å²) in [4.78, 5) is 21.8. The zero-order valence-electron chi connectivity index (χ0n) is 16.5. The lowest BCUT2D eigenvalue weighted by Crippen LogP contribution is -2.11. The number of halogens is 6. The summed E-state index contributed by atoms with van der Waals surface area (Å²) in [7, 11) is 1.30. The number of aromatic hydroxyl groups is 1. The van der Waals surface area contributed by atoms with E-state index in [2.05, 4.69) is 4.74 Å². The normalized spacial score (nSPS) is 11.4. The molecule has 0 aliphatic rings. The second kappa shape index (κ2) is 10.3. The van der Waals surface area contributed by atoms with Crippen molar-refractivity contribution in [2.75, 3.05) is 13.9 Å². The zero-order valence-corrected chi connectivity index (χ0v) is 16.5. The number of alkyl halides is 6. The highest BCUT2D eigenvalue weighted by molar-refractivity contribution is 5.95. The van der Waals surface area contributed by atoms with E-state index in [-0.39, 0.29) is 23.7 Å². The van der Waals surface area contributed by atoms with E-state index in [1.807, 2.05) is 0 Å². The van der Waals surface area contributed by atoms with Crippen LogP contribution in [0, 0.1) is 0 Å². The first-order chi connectivity index (χ1) is 14.2. The first-order valence-electron chi connectivity index (χ1n) is 8.43. The Morgan fingerprint density at radius 2 is 1.29 bits per heavy atom. The van der Waals surface area contributed by atoms with Gasteiger partial charge in [0.15, 0.2) is 18.4 Å². The minimum absolute atomic E-state index is 0.0120. The summed E-state index contributed by atoms with van der Waals surface area (Å²) in [5.41, 5.74) is -2.26. The van der Waals surface area contributed by atoms with Crippen LogP contribution in [0.1, 0.15) is 45.7 Å². The van der Waals surface area contributed by atoms with Crippen molar-refractivity contribution in [2.45, 2.75) is 26.2 Å². The maximum Gasteiger partial charge on any atom is 0.419 e. The van der Waals surface area contributed by atoms with Gasteiger partial charge in [0.05, 0.1) is 11.1 Å². The number of rotatable bonds is 5. The van der Waals surface area contributed by atoms with E-state index < -0.39 is 40.8 Å². The largest absolute Gasteiger partial charge is 0.507 e. The minimum Gasteiger partial charge on any atom is -0.507 e. The van der Waals surface area contributed by atoms with Crippen LogP contribution in [-0.4, -0.2) is 30.6 Å². The SMILES string of the molecule is CC(=O)c1ccc(O)c(C(F)(F)F)c1.COCOc1ccc(C(C)=O)cc1C(F)(F)F. The van der Waals surface area contributed by atoms with Crippen molar-refractivity contribution >= 4 is 11.6 Å². The van der Waals surface area contributed by atoms with Gasteiger partial charge in [0.2, 0.25) is 0 Å². The van der Waals surface area contributed by atoms with Gasteiger partial charge in [-0.15, -0.1) is 0 Å². The highest BCUT2D eigenvalue weighted by Crippen LogP contribution is 2.37. The van der Waals surface area contributed by atoms with E-state index in [4.69, 9.17) is 9.84 Å². The van der Waals surface area contributed by atoms with Crippen LogP contribution in [0.2, 0.25) is 0 Å². The van der Waals surface area contributed by atoms with E-state index in [0.29, 0.717) is 6.07 Å². The summed E-state index contributed by atoms with van der Waals surface area (Å²) in [6, 6.07) is 5.80. The smallest absolute Gasteiger partial charge is 0.419 e. The molecule has 0 atom stereocenters. The van der Waals surface area contributed by atoms with Gasteiger partial charge in [-0.2, -0.15) is 26.3 Å². The van der Waals surface area contributed by atoms with Crippen LogP contribution in [-0.2, 0) is 17.1 Å². The molecule has 11 heteroatoms. The molecule has 2 rings (SSSR count). The lowest BCUT2D eigenvalue weighted by atomic mass is 10.1.